The van der Waals surface area contributed by atoms with Crippen LogP contribution >= 0.6 is 22.6 Å². The molecule has 6 nitrogen and oxygen atoms in total. The molecule has 0 aliphatic carbocycles. The number of nitrogens with one attached hydrogen (secondary N) is 1. The Hall–Kier alpha value is -1.90. The van der Waals surface area contributed by atoms with E-state index in [1.807, 2.05) is 22.6 Å². The van der Waals surface area contributed by atoms with Crippen LogP contribution in [0.4, 0.5) is 5.69 Å². The molecule has 0 atom stereocenters. The van der Waals surface area contributed by atoms with Gasteiger partial charge in [0.15, 0.2) is 0 Å². The molecule has 2 rings (SSSR count). The smallest absolute Gasteiger partial charge is 0.337 e. The maximum atomic E-state index is 12.1. The fourth-order valence-corrected chi connectivity index (χ4v) is 2.20. The average Bonchev–Trinajstić information content (AvgIpc) is 2.72. The number of rotatable bonds is 3. The standard InChI is InChI=1S/C13H12IN3O3/c1-7-10(6-15-17(7)2)12(18)16-11-4-3-8(14)5-9(11)13(19)20/h3-6H,1-2H3,(H,16,18)(H,19,20). The molecule has 0 saturated heterocycles. The number of amides is 1. The SMILES string of the molecule is Cc1c(C(=O)Nc2ccc(I)cc2C(=O)O)cnn1C. The third kappa shape index (κ3) is 2.82. The van der Waals surface area contributed by atoms with Gasteiger partial charge in [0.1, 0.15) is 0 Å². The van der Waals surface area contributed by atoms with Gasteiger partial charge in [-0.2, -0.15) is 5.10 Å². The Labute approximate surface area is 128 Å². The Balaban J connectivity index is 2.33. The van der Waals surface area contributed by atoms with Crippen molar-refractivity contribution in [1.82, 2.24) is 9.78 Å². The number of aromatic carboxylic acids is 1. The normalized spacial score (nSPS) is 10.3. The monoisotopic (exact) mass is 385 g/mol. The third-order valence-corrected chi connectivity index (χ3v) is 3.61. The lowest BCUT2D eigenvalue weighted by Crippen LogP contribution is -2.15. The molecule has 0 aliphatic heterocycles. The van der Waals surface area contributed by atoms with Crippen LogP contribution in [0.3, 0.4) is 0 Å². The van der Waals surface area contributed by atoms with Crippen LogP contribution in [-0.2, 0) is 7.05 Å². The zero-order valence-electron chi connectivity index (χ0n) is 10.8. The van der Waals surface area contributed by atoms with Crippen molar-refractivity contribution in [3.63, 3.8) is 0 Å². The van der Waals surface area contributed by atoms with E-state index in [-0.39, 0.29) is 17.2 Å². The van der Waals surface area contributed by atoms with E-state index in [4.69, 9.17) is 5.11 Å². The molecule has 0 saturated carbocycles. The molecular weight excluding hydrogens is 373 g/mol. The van der Waals surface area contributed by atoms with E-state index in [0.29, 0.717) is 11.3 Å². The van der Waals surface area contributed by atoms with Crippen LogP contribution in [0, 0.1) is 10.5 Å². The lowest BCUT2D eigenvalue weighted by molar-refractivity contribution is 0.0698. The molecule has 7 heteroatoms. The number of nitrogens with zero attached hydrogens (tertiary/aromatic N) is 2. The van der Waals surface area contributed by atoms with E-state index in [1.165, 1.54) is 12.3 Å². The first-order valence-electron chi connectivity index (χ1n) is 5.73. The molecule has 0 unspecified atom stereocenters. The van der Waals surface area contributed by atoms with Gasteiger partial charge in [0, 0.05) is 16.3 Å². The summed E-state index contributed by atoms with van der Waals surface area (Å²) in [6.45, 7) is 1.77. The van der Waals surface area contributed by atoms with Gasteiger partial charge in [-0.1, -0.05) is 0 Å². The number of carbonyl (C=O) groups excluding carboxylic acids is 1. The summed E-state index contributed by atoms with van der Waals surface area (Å²) in [6, 6.07) is 4.82. The van der Waals surface area contributed by atoms with Gasteiger partial charge in [-0.3, -0.25) is 9.48 Å². The number of carboxylic acids is 1. The lowest BCUT2D eigenvalue weighted by atomic mass is 10.1. The topological polar surface area (TPSA) is 84.2 Å². The lowest BCUT2D eigenvalue weighted by Gasteiger charge is -2.08. The molecule has 0 bridgehead atoms. The highest BCUT2D eigenvalue weighted by Gasteiger charge is 2.17. The third-order valence-electron chi connectivity index (χ3n) is 2.94. The summed E-state index contributed by atoms with van der Waals surface area (Å²) in [4.78, 5) is 23.3. The van der Waals surface area contributed by atoms with E-state index < -0.39 is 5.97 Å². The summed E-state index contributed by atoms with van der Waals surface area (Å²) in [7, 11) is 1.74. The molecule has 0 spiro atoms. The van der Waals surface area contributed by atoms with Gasteiger partial charge in [-0.15, -0.1) is 0 Å². The van der Waals surface area contributed by atoms with E-state index in [0.717, 1.165) is 3.57 Å². The predicted molar refractivity (Wildman–Crippen MR) is 82.0 cm³/mol. The van der Waals surface area contributed by atoms with Crippen molar-refractivity contribution in [2.24, 2.45) is 7.05 Å². The number of hydrogen-bond donors (Lipinski definition) is 2. The van der Waals surface area contributed by atoms with Crippen molar-refractivity contribution in [2.75, 3.05) is 5.32 Å². The molecule has 0 radical (unpaired) electrons. The van der Waals surface area contributed by atoms with Crippen LogP contribution in [0.25, 0.3) is 0 Å². The summed E-state index contributed by atoms with van der Waals surface area (Å²) >= 11 is 2.02. The van der Waals surface area contributed by atoms with Crippen molar-refractivity contribution < 1.29 is 14.7 Å². The van der Waals surface area contributed by atoms with E-state index in [9.17, 15) is 9.59 Å². The van der Waals surface area contributed by atoms with Gasteiger partial charge in [0.05, 0.1) is 23.0 Å². The number of aromatic nitrogens is 2. The number of benzene rings is 1. The Morgan fingerprint density at radius 2 is 2.05 bits per heavy atom. The van der Waals surface area contributed by atoms with E-state index >= 15 is 0 Å². The number of hydrogen-bond acceptors (Lipinski definition) is 3. The van der Waals surface area contributed by atoms with Crippen LogP contribution in [0.1, 0.15) is 26.4 Å². The molecule has 0 aliphatic rings. The fraction of sp³-hybridized carbons (Fsp3) is 0.154. The van der Waals surface area contributed by atoms with Gasteiger partial charge in [0.25, 0.3) is 5.91 Å². The van der Waals surface area contributed by atoms with Crippen LogP contribution < -0.4 is 5.32 Å². The Kier molecular flexibility index (Phi) is 4.07. The van der Waals surface area contributed by atoms with Crippen molar-refractivity contribution in [2.45, 2.75) is 6.92 Å². The van der Waals surface area contributed by atoms with Gasteiger partial charge in [-0.25, -0.2) is 4.79 Å². The Morgan fingerprint density at radius 3 is 2.60 bits per heavy atom. The summed E-state index contributed by atoms with van der Waals surface area (Å²) < 4.78 is 2.37. The molecule has 1 aromatic carbocycles. The molecule has 20 heavy (non-hydrogen) atoms. The highest BCUT2D eigenvalue weighted by atomic mass is 127. The van der Waals surface area contributed by atoms with E-state index in [1.54, 1.807) is 30.8 Å². The summed E-state index contributed by atoms with van der Waals surface area (Å²) in [6.07, 6.45) is 1.46. The largest absolute Gasteiger partial charge is 0.478 e. The van der Waals surface area contributed by atoms with Crippen LogP contribution in [0.5, 0.6) is 0 Å². The minimum Gasteiger partial charge on any atom is -0.478 e. The van der Waals surface area contributed by atoms with Crippen molar-refractivity contribution in [1.29, 1.82) is 0 Å². The minimum absolute atomic E-state index is 0.0618. The first-order chi connectivity index (χ1) is 9.40. The molecule has 104 valence electrons. The molecule has 1 amide bonds. The summed E-state index contributed by atoms with van der Waals surface area (Å²) in [5.41, 5.74) is 1.46. The number of halogens is 1. The van der Waals surface area contributed by atoms with Gasteiger partial charge in [0.2, 0.25) is 0 Å². The Bertz CT molecular complexity index is 694. The number of carbonyl (C=O) groups is 2. The molecule has 0 fully saturated rings. The molecule has 1 heterocycles. The van der Waals surface area contributed by atoms with Crippen LogP contribution in [0.2, 0.25) is 0 Å². The van der Waals surface area contributed by atoms with Crippen LogP contribution in [0.15, 0.2) is 24.4 Å². The second-order valence-electron chi connectivity index (χ2n) is 4.22. The molecule has 2 aromatic rings. The van der Waals surface area contributed by atoms with Crippen LogP contribution in [-0.4, -0.2) is 26.8 Å². The zero-order chi connectivity index (χ0) is 14.9. The average molecular weight is 385 g/mol. The summed E-state index contributed by atoms with van der Waals surface area (Å²) in [5.74, 6) is -1.46. The quantitative estimate of drug-likeness (QED) is 0.795. The van der Waals surface area contributed by atoms with Gasteiger partial charge >= 0.3 is 5.97 Å². The van der Waals surface area contributed by atoms with E-state index in [2.05, 4.69) is 10.4 Å². The first kappa shape index (κ1) is 14.5. The highest BCUT2D eigenvalue weighted by molar-refractivity contribution is 14.1. The number of anilines is 1. The zero-order valence-corrected chi connectivity index (χ0v) is 13.0. The maximum Gasteiger partial charge on any atom is 0.337 e. The fourth-order valence-electron chi connectivity index (χ4n) is 1.71. The molecule has 1 aromatic heterocycles. The van der Waals surface area contributed by atoms with Crippen molar-refractivity contribution in [3.05, 3.63) is 44.8 Å². The van der Waals surface area contributed by atoms with Crippen molar-refractivity contribution >= 4 is 40.2 Å². The minimum atomic E-state index is -1.08. The second-order valence-corrected chi connectivity index (χ2v) is 5.46. The molecule has 2 N–H and O–H groups in total. The summed E-state index contributed by atoms with van der Waals surface area (Å²) in [5, 5.41) is 15.8. The number of carboxylic acid groups (broad SMARTS) is 1. The van der Waals surface area contributed by atoms with Gasteiger partial charge in [-0.05, 0) is 47.7 Å². The highest BCUT2D eigenvalue weighted by Crippen LogP contribution is 2.20. The number of aryl methyl sites for hydroxylation is 1. The second kappa shape index (κ2) is 5.61. The predicted octanol–water partition coefficient (Wildman–Crippen LogP) is 2.28. The maximum absolute atomic E-state index is 12.1. The molecular formula is C13H12IN3O3. The van der Waals surface area contributed by atoms with Gasteiger partial charge < -0.3 is 10.4 Å². The van der Waals surface area contributed by atoms with Crippen molar-refractivity contribution in [3.8, 4) is 0 Å². The Morgan fingerprint density at radius 1 is 1.35 bits per heavy atom. The first-order valence-corrected chi connectivity index (χ1v) is 6.81.